The summed E-state index contributed by atoms with van der Waals surface area (Å²) in [6.07, 6.45) is -12.2. The minimum absolute atomic E-state index is 0.390. The first-order chi connectivity index (χ1) is 11.6. The van der Waals surface area contributed by atoms with E-state index in [1.54, 1.807) is 0 Å². The van der Waals surface area contributed by atoms with E-state index >= 15 is 0 Å². The van der Waals surface area contributed by atoms with Crippen molar-refractivity contribution in [3.63, 3.8) is 0 Å². The van der Waals surface area contributed by atoms with Gasteiger partial charge in [0.15, 0.2) is 12.6 Å². The fraction of sp³-hybridized carbons (Fsp3) is 0.929. The van der Waals surface area contributed by atoms with E-state index in [2.05, 4.69) is 5.32 Å². The van der Waals surface area contributed by atoms with Crippen molar-refractivity contribution < 1.29 is 49.6 Å². The third-order valence-corrected chi connectivity index (χ3v) is 4.32. The van der Waals surface area contributed by atoms with Crippen LogP contribution < -0.4 is 5.32 Å². The molecule has 2 aliphatic heterocycles. The highest BCUT2D eigenvalue weighted by atomic mass is 16.7. The first-order valence-corrected chi connectivity index (χ1v) is 7.91. The van der Waals surface area contributed by atoms with Gasteiger partial charge in [-0.05, 0) is 6.92 Å². The van der Waals surface area contributed by atoms with Crippen LogP contribution in [0.25, 0.3) is 0 Å². The van der Waals surface area contributed by atoms with Gasteiger partial charge in [-0.1, -0.05) is 0 Å². The molecule has 0 aromatic heterocycles. The van der Waals surface area contributed by atoms with Crippen molar-refractivity contribution in [3.05, 3.63) is 0 Å². The SMILES string of the molecule is CC(=O)N[C@@H]1[C@@H](O)[C@H](O)[C@@H](CO[C@H]2O[C@@H](C)[C@@H](O)[C@@H](O)[C@@H]2O)O[C@@H]1O. The van der Waals surface area contributed by atoms with Gasteiger partial charge in [-0.25, -0.2) is 0 Å². The van der Waals surface area contributed by atoms with Crippen LogP contribution in [0.4, 0.5) is 0 Å². The molecule has 0 aromatic carbocycles. The number of hydrogen-bond acceptors (Lipinski definition) is 10. The molecule has 10 atom stereocenters. The normalized spacial score (nSPS) is 48.2. The molecule has 25 heavy (non-hydrogen) atoms. The molecule has 0 aromatic rings. The lowest BCUT2D eigenvalue weighted by molar-refractivity contribution is -0.313. The first-order valence-electron chi connectivity index (χ1n) is 7.91. The van der Waals surface area contributed by atoms with Crippen LogP contribution in [0.1, 0.15) is 13.8 Å². The van der Waals surface area contributed by atoms with Crippen LogP contribution in [0.15, 0.2) is 0 Å². The number of ether oxygens (including phenoxy) is 3. The lowest BCUT2D eigenvalue weighted by atomic mass is 9.97. The molecule has 2 saturated heterocycles. The molecule has 2 aliphatic rings. The zero-order valence-electron chi connectivity index (χ0n) is 13.8. The zero-order chi connectivity index (χ0) is 18.9. The Labute approximate surface area is 143 Å². The minimum atomic E-state index is -1.58. The Bertz CT molecular complexity index is 465. The number of aliphatic hydroxyl groups is 6. The summed E-state index contributed by atoms with van der Waals surface area (Å²) in [5.41, 5.74) is 0. The maximum atomic E-state index is 11.1. The molecule has 11 nitrogen and oxygen atoms in total. The van der Waals surface area contributed by atoms with Crippen molar-refractivity contribution in [1.82, 2.24) is 5.32 Å². The number of carbonyl (C=O) groups is 1. The number of hydrogen-bond donors (Lipinski definition) is 7. The lowest BCUT2D eigenvalue weighted by Crippen LogP contribution is -2.64. The van der Waals surface area contributed by atoms with E-state index in [1.165, 1.54) is 13.8 Å². The molecule has 1 amide bonds. The highest BCUT2D eigenvalue weighted by molar-refractivity contribution is 5.73. The predicted molar refractivity (Wildman–Crippen MR) is 78.8 cm³/mol. The molecule has 0 bridgehead atoms. The molecule has 11 heteroatoms. The van der Waals surface area contributed by atoms with Gasteiger partial charge in [-0.2, -0.15) is 0 Å². The molecule has 7 N–H and O–H groups in total. The standard InChI is InChI=1S/C14H25NO10/c1-4-8(17)11(20)12(21)14(24-4)23-3-6-9(18)10(19)7(13(22)25-6)15-5(2)16/h4,6-14,17-22H,3H2,1-2H3,(H,15,16)/t4-,6+,7+,8+,9+,10+,11+,12-,13-,14-/m0/s1. The lowest BCUT2D eigenvalue weighted by Gasteiger charge is -2.42. The number of nitrogens with one attached hydrogen (secondary N) is 1. The Morgan fingerprint density at radius 1 is 0.960 bits per heavy atom. The van der Waals surface area contributed by atoms with E-state index in [4.69, 9.17) is 14.2 Å². The summed E-state index contributed by atoms with van der Waals surface area (Å²) >= 11 is 0. The van der Waals surface area contributed by atoms with Crippen LogP contribution >= 0.6 is 0 Å². The first kappa shape index (κ1) is 20.4. The summed E-state index contributed by atoms with van der Waals surface area (Å²) in [7, 11) is 0. The van der Waals surface area contributed by atoms with Crippen molar-refractivity contribution >= 4 is 5.91 Å². The average molecular weight is 367 g/mol. The van der Waals surface area contributed by atoms with Crippen molar-refractivity contribution in [1.29, 1.82) is 0 Å². The second kappa shape index (κ2) is 8.20. The fourth-order valence-electron chi connectivity index (χ4n) is 2.82. The van der Waals surface area contributed by atoms with Crippen LogP contribution in [-0.2, 0) is 19.0 Å². The molecule has 0 radical (unpaired) electrons. The van der Waals surface area contributed by atoms with Gasteiger partial charge in [0.25, 0.3) is 0 Å². The van der Waals surface area contributed by atoms with Crippen LogP contribution in [0.2, 0.25) is 0 Å². The Balaban J connectivity index is 1.94. The number of carbonyl (C=O) groups excluding carboxylic acids is 1. The third-order valence-electron chi connectivity index (χ3n) is 4.32. The van der Waals surface area contributed by atoms with Gasteiger partial charge in [0, 0.05) is 6.92 Å². The molecule has 2 heterocycles. The van der Waals surface area contributed by atoms with Gasteiger partial charge in [0.1, 0.15) is 42.7 Å². The number of amides is 1. The van der Waals surface area contributed by atoms with E-state index in [9.17, 15) is 35.4 Å². The summed E-state index contributed by atoms with van der Waals surface area (Å²) in [5.74, 6) is -0.520. The van der Waals surface area contributed by atoms with Crippen LogP contribution in [-0.4, -0.2) is 105 Å². The molecular formula is C14H25NO10. The Kier molecular flexibility index (Phi) is 6.70. The highest BCUT2D eigenvalue weighted by Crippen LogP contribution is 2.24. The van der Waals surface area contributed by atoms with Crippen LogP contribution in [0, 0.1) is 0 Å². The molecule has 0 spiro atoms. The molecular weight excluding hydrogens is 342 g/mol. The molecule has 0 saturated carbocycles. The van der Waals surface area contributed by atoms with Gasteiger partial charge < -0.3 is 50.2 Å². The zero-order valence-corrected chi connectivity index (χ0v) is 13.8. The third kappa shape index (κ3) is 4.45. The molecule has 2 rings (SSSR count). The van der Waals surface area contributed by atoms with Gasteiger partial charge in [0.05, 0.1) is 12.7 Å². The van der Waals surface area contributed by atoms with E-state index < -0.39 is 67.3 Å². The fourth-order valence-corrected chi connectivity index (χ4v) is 2.82. The summed E-state index contributed by atoms with van der Waals surface area (Å²) in [4.78, 5) is 11.1. The Morgan fingerprint density at radius 3 is 2.20 bits per heavy atom. The summed E-state index contributed by atoms with van der Waals surface area (Å²) < 4.78 is 15.6. The molecule has 2 fully saturated rings. The highest BCUT2D eigenvalue weighted by Gasteiger charge is 2.46. The Morgan fingerprint density at radius 2 is 1.60 bits per heavy atom. The summed E-state index contributed by atoms with van der Waals surface area (Å²) in [5, 5.41) is 61.4. The largest absolute Gasteiger partial charge is 0.388 e. The Hall–Kier alpha value is -0.890. The quantitative estimate of drug-likeness (QED) is 0.257. The predicted octanol–water partition coefficient (Wildman–Crippen LogP) is -4.23. The van der Waals surface area contributed by atoms with Crippen molar-refractivity contribution in [3.8, 4) is 0 Å². The summed E-state index contributed by atoms with van der Waals surface area (Å²) in [6, 6.07) is -1.21. The molecule has 0 aliphatic carbocycles. The second-order valence-corrected chi connectivity index (χ2v) is 6.29. The van der Waals surface area contributed by atoms with E-state index in [-0.39, 0.29) is 6.61 Å². The van der Waals surface area contributed by atoms with Crippen molar-refractivity contribution in [2.45, 2.75) is 75.2 Å². The van der Waals surface area contributed by atoms with Gasteiger partial charge in [-0.15, -0.1) is 0 Å². The van der Waals surface area contributed by atoms with Gasteiger partial charge in [0.2, 0.25) is 5.91 Å². The molecule has 146 valence electrons. The maximum Gasteiger partial charge on any atom is 0.217 e. The minimum Gasteiger partial charge on any atom is -0.388 e. The van der Waals surface area contributed by atoms with Crippen LogP contribution in [0.3, 0.4) is 0 Å². The number of rotatable bonds is 4. The maximum absolute atomic E-state index is 11.1. The topological polar surface area (TPSA) is 178 Å². The average Bonchev–Trinajstić information content (AvgIpc) is 2.55. The van der Waals surface area contributed by atoms with E-state index in [0.717, 1.165) is 0 Å². The van der Waals surface area contributed by atoms with E-state index in [0.29, 0.717) is 0 Å². The summed E-state index contributed by atoms with van der Waals surface area (Å²) in [6.45, 7) is 2.27. The monoisotopic (exact) mass is 367 g/mol. The van der Waals surface area contributed by atoms with Crippen molar-refractivity contribution in [2.75, 3.05) is 6.61 Å². The molecule has 0 unspecified atom stereocenters. The van der Waals surface area contributed by atoms with Gasteiger partial charge in [-0.3, -0.25) is 4.79 Å². The van der Waals surface area contributed by atoms with Crippen LogP contribution in [0.5, 0.6) is 0 Å². The van der Waals surface area contributed by atoms with Crippen molar-refractivity contribution in [2.24, 2.45) is 0 Å². The second-order valence-electron chi connectivity index (χ2n) is 6.29. The van der Waals surface area contributed by atoms with E-state index in [1.807, 2.05) is 0 Å². The number of aliphatic hydroxyl groups excluding tert-OH is 6. The smallest absolute Gasteiger partial charge is 0.217 e. The van der Waals surface area contributed by atoms with Gasteiger partial charge >= 0.3 is 0 Å².